The van der Waals surface area contributed by atoms with Crippen LogP contribution >= 0.6 is 0 Å². The summed E-state index contributed by atoms with van der Waals surface area (Å²) >= 11 is 0. The van der Waals surface area contributed by atoms with E-state index >= 15 is 0 Å². The van der Waals surface area contributed by atoms with Crippen LogP contribution in [-0.4, -0.2) is 18.4 Å². The zero-order chi connectivity index (χ0) is 19.9. The quantitative estimate of drug-likeness (QED) is 0.557. The molecule has 28 heavy (non-hydrogen) atoms. The van der Waals surface area contributed by atoms with Crippen LogP contribution < -0.4 is 16.0 Å². The molecule has 0 aliphatic rings. The number of rotatable bonds is 7. The Morgan fingerprint density at radius 1 is 0.929 bits per heavy atom. The molecule has 0 atom stereocenters. The molecule has 0 spiro atoms. The minimum absolute atomic E-state index is 0.113. The molecule has 3 rings (SSSR count). The monoisotopic (exact) mass is 377 g/mol. The number of benzene rings is 2. The SMILES string of the molecule is CC(C)c1ccccc1NC(=O)CNc1cccc(NC(=O)c2ccco2)c1. The van der Waals surface area contributed by atoms with E-state index < -0.39 is 0 Å². The molecule has 3 N–H and O–H groups in total. The normalized spacial score (nSPS) is 10.5. The van der Waals surface area contributed by atoms with Crippen LogP contribution in [0.3, 0.4) is 0 Å². The van der Waals surface area contributed by atoms with Crippen LogP contribution in [0, 0.1) is 0 Å². The number of hydrogen-bond donors (Lipinski definition) is 3. The van der Waals surface area contributed by atoms with Gasteiger partial charge >= 0.3 is 0 Å². The second-order valence-corrected chi connectivity index (χ2v) is 6.66. The van der Waals surface area contributed by atoms with Crippen LogP contribution in [0.2, 0.25) is 0 Å². The summed E-state index contributed by atoms with van der Waals surface area (Å²) in [6.45, 7) is 4.29. The van der Waals surface area contributed by atoms with Crippen molar-refractivity contribution in [3.63, 3.8) is 0 Å². The third-order valence-electron chi connectivity index (χ3n) is 4.18. The molecule has 3 aromatic rings. The summed E-state index contributed by atoms with van der Waals surface area (Å²) < 4.78 is 5.08. The molecule has 0 saturated heterocycles. The largest absolute Gasteiger partial charge is 0.459 e. The van der Waals surface area contributed by atoms with Gasteiger partial charge in [-0.1, -0.05) is 38.1 Å². The van der Waals surface area contributed by atoms with Gasteiger partial charge in [0.2, 0.25) is 5.91 Å². The van der Waals surface area contributed by atoms with E-state index in [0.29, 0.717) is 11.6 Å². The maximum absolute atomic E-state index is 12.3. The van der Waals surface area contributed by atoms with Crippen molar-refractivity contribution in [3.05, 3.63) is 78.3 Å². The first-order chi connectivity index (χ1) is 13.5. The Morgan fingerprint density at radius 2 is 1.71 bits per heavy atom. The predicted octanol–water partition coefficient (Wildman–Crippen LogP) is 4.71. The summed E-state index contributed by atoms with van der Waals surface area (Å²) in [6, 6.07) is 18.2. The molecule has 1 heterocycles. The second kappa shape index (κ2) is 8.90. The molecule has 0 bridgehead atoms. The summed E-state index contributed by atoms with van der Waals surface area (Å²) in [7, 11) is 0. The Balaban J connectivity index is 1.57. The first-order valence-electron chi connectivity index (χ1n) is 9.10. The zero-order valence-corrected chi connectivity index (χ0v) is 15.9. The molecule has 0 aliphatic heterocycles. The van der Waals surface area contributed by atoms with E-state index in [9.17, 15) is 9.59 Å². The minimum atomic E-state index is -0.329. The summed E-state index contributed by atoms with van der Waals surface area (Å²) in [4.78, 5) is 24.4. The van der Waals surface area contributed by atoms with Gasteiger partial charge in [-0.15, -0.1) is 0 Å². The van der Waals surface area contributed by atoms with E-state index in [1.165, 1.54) is 6.26 Å². The highest BCUT2D eigenvalue weighted by molar-refractivity contribution is 6.02. The molecule has 0 radical (unpaired) electrons. The van der Waals surface area contributed by atoms with Gasteiger partial charge in [-0.25, -0.2) is 0 Å². The lowest BCUT2D eigenvalue weighted by molar-refractivity contribution is -0.114. The Labute approximate surface area is 164 Å². The molecule has 6 heteroatoms. The van der Waals surface area contributed by atoms with Gasteiger partial charge in [-0.3, -0.25) is 9.59 Å². The number of hydrogen-bond acceptors (Lipinski definition) is 4. The smallest absolute Gasteiger partial charge is 0.291 e. The molecular weight excluding hydrogens is 354 g/mol. The fourth-order valence-corrected chi connectivity index (χ4v) is 2.80. The lowest BCUT2D eigenvalue weighted by Crippen LogP contribution is -2.22. The number of nitrogens with one attached hydrogen (secondary N) is 3. The maximum Gasteiger partial charge on any atom is 0.291 e. The Kier molecular flexibility index (Phi) is 6.11. The molecular formula is C22H23N3O3. The minimum Gasteiger partial charge on any atom is -0.459 e. The predicted molar refractivity (Wildman–Crippen MR) is 111 cm³/mol. The van der Waals surface area contributed by atoms with Crippen molar-refractivity contribution in [2.75, 3.05) is 22.5 Å². The van der Waals surface area contributed by atoms with Crippen molar-refractivity contribution < 1.29 is 14.0 Å². The first-order valence-corrected chi connectivity index (χ1v) is 9.10. The molecule has 2 amide bonds. The Morgan fingerprint density at radius 3 is 2.46 bits per heavy atom. The number of carbonyl (C=O) groups excluding carboxylic acids is 2. The van der Waals surface area contributed by atoms with Gasteiger partial charge < -0.3 is 20.4 Å². The average Bonchev–Trinajstić information content (AvgIpc) is 3.22. The molecule has 2 aromatic carbocycles. The summed E-state index contributed by atoms with van der Waals surface area (Å²) in [5.74, 6) is 0.0868. The maximum atomic E-state index is 12.3. The van der Waals surface area contributed by atoms with Gasteiger partial charge in [0.1, 0.15) is 0 Å². The molecule has 0 unspecified atom stereocenters. The van der Waals surface area contributed by atoms with E-state index in [2.05, 4.69) is 29.8 Å². The van der Waals surface area contributed by atoms with Crippen molar-refractivity contribution in [1.29, 1.82) is 0 Å². The second-order valence-electron chi connectivity index (χ2n) is 6.66. The fraction of sp³-hybridized carbons (Fsp3) is 0.182. The Bertz CT molecular complexity index is 949. The number of furan rings is 1. The topological polar surface area (TPSA) is 83.4 Å². The molecule has 1 aromatic heterocycles. The van der Waals surface area contributed by atoms with Crippen LogP contribution in [-0.2, 0) is 4.79 Å². The van der Waals surface area contributed by atoms with Crippen molar-refractivity contribution in [2.45, 2.75) is 19.8 Å². The lowest BCUT2D eigenvalue weighted by atomic mass is 10.0. The van der Waals surface area contributed by atoms with E-state index in [-0.39, 0.29) is 24.1 Å². The highest BCUT2D eigenvalue weighted by atomic mass is 16.3. The Hall–Kier alpha value is -3.54. The third kappa shape index (κ3) is 5.01. The van der Waals surface area contributed by atoms with Crippen LogP contribution in [0.1, 0.15) is 35.9 Å². The van der Waals surface area contributed by atoms with Crippen molar-refractivity contribution in [1.82, 2.24) is 0 Å². The number of carbonyl (C=O) groups is 2. The molecule has 0 aliphatic carbocycles. The van der Waals surface area contributed by atoms with Gasteiger partial charge in [-0.05, 0) is 47.9 Å². The van der Waals surface area contributed by atoms with E-state index in [4.69, 9.17) is 4.42 Å². The van der Waals surface area contributed by atoms with E-state index in [0.717, 1.165) is 16.9 Å². The van der Waals surface area contributed by atoms with E-state index in [1.54, 1.807) is 30.3 Å². The van der Waals surface area contributed by atoms with Crippen LogP contribution in [0.15, 0.2) is 71.3 Å². The van der Waals surface area contributed by atoms with Crippen molar-refractivity contribution in [3.8, 4) is 0 Å². The lowest BCUT2D eigenvalue weighted by Gasteiger charge is -2.14. The summed E-state index contributed by atoms with van der Waals surface area (Å²) in [5.41, 5.74) is 3.25. The average molecular weight is 377 g/mol. The number of anilines is 3. The summed E-state index contributed by atoms with van der Waals surface area (Å²) in [5, 5.41) is 8.78. The van der Waals surface area contributed by atoms with Gasteiger partial charge in [0.25, 0.3) is 5.91 Å². The fourth-order valence-electron chi connectivity index (χ4n) is 2.80. The number of amides is 2. The molecule has 0 saturated carbocycles. The summed E-state index contributed by atoms with van der Waals surface area (Å²) in [6.07, 6.45) is 1.45. The van der Waals surface area contributed by atoms with Gasteiger partial charge in [0.05, 0.1) is 12.8 Å². The van der Waals surface area contributed by atoms with Gasteiger partial charge in [-0.2, -0.15) is 0 Å². The van der Waals surface area contributed by atoms with Crippen LogP contribution in [0.4, 0.5) is 17.1 Å². The highest BCUT2D eigenvalue weighted by Gasteiger charge is 2.10. The standard InChI is InChI=1S/C22H23N3O3/c1-15(2)18-9-3-4-10-19(18)25-21(26)14-23-16-7-5-8-17(13-16)24-22(27)20-11-6-12-28-20/h3-13,15,23H,14H2,1-2H3,(H,24,27)(H,25,26). The van der Waals surface area contributed by atoms with E-state index in [1.807, 2.05) is 30.3 Å². The molecule has 0 fully saturated rings. The van der Waals surface area contributed by atoms with Crippen LogP contribution in [0.5, 0.6) is 0 Å². The highest BCUT2D eigenvalue weighted by Crippen LogP contribution is 2.23. The van der Waals surface area contributed by atoms with Gasteiger partial charge in [0, 0.05) is 17.1 Å². The molecule has 144 valence electrons. The zero-order valence-electron chi connectivity index (χ0n) is 15.9. The van der Waals surface area contributed by atoms with Gasteiger partial charge in [0.15, 0.2) is 5.76 Å². The van der Waals surface area contributed by atoms with Crippen molar-refractivity contribution in [2.24, 2.45) is 0 Å². The van der Waals surface area contributed by atoms with Crippen molar-refractivity contribution >= 4 is 28.9 Å². The number of para-hydroxylation sites is 1. The van der Waals surface area contributed by atoms with Crippen LogP contribution in [0.25, 0.3) is 0 Å². The first kappa shape index (κ1) is 19.2. The third-order valence-corrected chi connectivity index (χ3v) is 4.18. The molecule has 6 nitrogen and oxygen atoms in total.